The van der Waals surface area contributed by atoms with Crippen LogP contribution in [0.2, 0.25) is 0 Å². The molecule has 1 amide bonds. The van der Waals surface area contributed by atoms with Gasteiger partial charge in [-0.05, 0) is 49.2 Å². The summed E-state index contributed by atoms with van der Waals surface area (Å²) < 4.78 is 1.63. The van der Waals surface area contributed by atoms with Crippen LogP contribution < -0.4 is 10.2 Å². The highest BCUT2D eigenvalue weighted by atomic mass is 16.1. The van der Waals surface area contributed by atoms with Crippen molar-refractivity contribution in [3.8, 4) is 5.69 Å². The second-order valence-corrected chi connectivity index (χ2v) is 6.53. The quantitative estimate of drug-likeness (QED) is 0.743. The minimum atomic E-state index is -0.0932. The molecule has 6 nitrogen and oxygen atoms in total. The van der Waals surface area contributed by atoms with E-state index in [4.69, 9.17) is 0 Å². The van der Waals surface area contributed by atoms with Crippen LogP contribution in [0.5, 0.6) is 0 Å². The molecule has 3 aromatic rings. The molecule has 2 aromatic carbocycles. The highest BCUT2D eigenvalue weighted by Gasteiger charge is 2.11. The van der Waals surface area contributed by atoms with Gasteiger partial charge in [-0.1, -0.05) is 18.2 Å². The standard InChI is InChI=1S/C20H23N5O/c1-15(11-16-7-9-18(10-8-16)24(2)3)23-20(26)17-5-4-6-19(12-17)25-14-21-13-22-25/h4-10,12-15H,11H2,1-3H3,(H,23,26)/t15-/m0/s1. The maximum Gasteiger partial charge on any atom is 0.251 e. The van der Waals surface area contributed by atoms with E-state index in [2.05, 4.69) is 44.6 Å². The topological polar surface area (TPSA) is 63.1 Å². The van der Waals surface area contributed by atoms with Gasteiger partial charge in [-0.3, -0.25) is 4.79 Å². The fraction of sp³-hybridized carbons (Fsp3) is 0.250. The SMILES string of the molecule is C[C@@H](Cc1ccc(N(C)C)cc1)NC(=O)c1cccc(-n2cncn2)c1. The van der Waals surface area contributed by atoms with Crippen LogP contribution in [0.1, 0.15) is 22.8 Å². The van der Waals surface area contributed by atoms with Crippen molar-refractivity contribution in [3.05, 3.63) is 72.3 Å². The largest absolute Gasteiger partial charge is 0.378 e. The molecule has 0 radical (unpaired) electrons. The first-order chi connectivity index (χ1) is 12.5. The van der Waals surface area contributed by atoms with Gasteiger partial charge in [-0.15, -0.1) is 0 Å². The number of rotatable bonds is 6. The fourth-order valence-corrected chi connectivity index (χ4v) is 2.77. The Morgan fingerprint density at radius 1 is 1.19 bits per heavy atom. The Kier molecular flexibility index (Phi) is 5.31. The van der Waals surface area contributed by atoms with Crippen molar-refractivity contribution in [1.82, 2.24) is 20.1 Å². The van der Waals surface area contributed by atoms with E-state index in [1.54, 1.807) is 17.1 Å². The van der Waals surface area contributed by atoms with Crippen LogP contribution in [0.3, 0.4) is 0 Å². The monoisotopic (exact) mass is 349 g/mol. The molecule has 0 aliphatic heterocycles. The first kappa shape index (κ1) is 17.7. The van der Waals surface area contributed by atoms with Gasteiger partial charge in [-0.2, -0.15) is 5.10 Å². The van der Waals surface area contributed by atoms with E-state index in [9.17, 15) is 4.79 Å². The molecule has 0 saturated heterocycles. The van der Waals surface area contributed by atoms with Gasteiger partial charge in [0, 0.05) is 31.4 Å². The number of amides is 1. The van der Waals surface area contributed by atoms with Gasteiger partial charge in [0.15, 0.2) is 0 Å². The highest BCUT2D eigenvalue weighted by Crippen LogP contribution is 2.14. The maximum atomic E-state index is 12.5. The number of benzene rings is 2. The Hall–Kier alpha value is -3.15. The number of carbonyl (C=O) groups excluding carboxylic acids is 1. The van der Waals surface area contributed by atoms with Gasteiger partial charge in [0.1, 0.15) is 12.7 Å². The lowest BCUT2D eigenvalue weighted by atomic mass is 10.1. The lowest BCUT2D eigenvalue weighted by molar-refractivity contribution is 0.0940. The molecule has 0 aliphatic carbocycles. The normalized spacial score (nSPS) is 11.8. The van der Waals surface area contributed by atoms with Crippen LogP contribution >= 0.6 is 0 Å². The highest BCUT2D eigenvalue weighted by molar-refractivity contribution is 5.94. The van der Waals surface area contributed by atoms with E-state index in [1.807, 2.05) is 39.2 Å². The van der Waals surface area contributed by atoms with Crippen molar-refractivity contribution in [3.63, 3.8) is 0 Å². The third kappa shape index (κ3) is 4.27. The summed E-state index contributed by atoms with van der Waals surface area (Å²) in [5.41, 5.74) is 3.77. The minimum Gasteiger partial charge on any atom is -0.378 e. The van der Waals surface area contributed by atoms with Crippen molar-refractivity contribution in [2.45, 2.75) is 19.4 Å². The molecule has 0 saturated carbocycles. The van der Waals surface area contributed by atoms with Crippen LogP contribution in [0.4, 0.5) is 5.69 Å². The van der Waals surface area contributed by atoms with Crippen molar-refractivity contribution in [1.29, 1.82) is 0 Å². The van der Waals surface area contributed by atoms with E-state index in [-0.39, 0.29) is 11.9 Å². The molecule has 1 N–H and O–H groups in total. The van der Waals surface area contributed by atoms with E-state index < -0.39 is 0 Å². The van der Waals surface area contributed by atoms with E-state index in [1.165, 1.54) is 11.9 Å². The molecule has 0 fully saturated rings. The van der Waals surface area contributed by atoms with E-state index >= 15 is 0 Å². The number of carbonyl (C=O) groups is 1. The third-order valence-electron chi connectivity index (χ3n) is 4.16. The first-order valence-corrected chi connectivity index (χ1v) is 8.55. The molecular formula is C20H23N5O. The molecule has 1 heterocycles. The van der Waals surface area contributed by atoms with Crippen LogP contribution in [0.25, 0.3) is 5.69 Å². The number of nitrogens with one attached hydrogen (secondary N) is 1. The number of hydrogen-bond acceptors (Lipinski definition) is 4. The maximum absolute atomic E-state index is 12.5. The van der Waals surface area contributed by atoms with Crippen LogP contribution in [0.15, 0.2) is 61.2 Å². The summed E-state index contributed by atoms with van der Waals surface area (Å²) in [7, 11) is 4.04. The van der Waals surface area contributed by atoms with Crippen molar-refractivity contribution in [2.24, 2.45) is 0 Å². The first-order valence-electron chi connectivity index (χ1n) is 8.55. The zero-order valence-electron chi connectivity index (χ0n) is 15.3. The van der Waals surface area contributed by atoms with Gasteiger partial charge in [0.05, 0.1) is 5.69 Å². The molecule has 6 heteroatoms. The summed E-state index contributed by atoms with van der Waals surface area (Å²) in [6.07, 6.45) is 3.86. The number of hydrogen-bond donors (Lipinski definition) is 1. The van der Waals surface area contributed by atoms with Crippen LogP contribution in [0, 0.1) is 0 Å². The van der Waals surface area contributed by atoms with Gasteiger partial charge in [-0.25, -0.2) is 9.67 Å². The zero-order chi connectivity index (χ0) is 18.5. The van der Waals surface area contributed by atoms with Gasteiger partial charge in [0.25, 0.3) is 5.91 Å². The summed E-state index contributed by atoms with van der Waals surface area (Å²) in [5, 5.41) is 7.15. The van der Waals surface area contributed by atoms with E-state index in [0.29, 0.717) is 5.56 Å². The lowest BCUT2D eigenvalue weighted by Gasteiger charge is -2.16. The van der Waals surface area contributed by atoms with Crippen molar-refractivity contribution < 1.29 is 4.79 Å². The molecular weight excluding hydrogens is 326 g/mol. The Bertz CT molecular complexity index is 856. The summed E-state index contributed by atoms with van der Waals surface area (Å²) in [5.74, 6) is -0.0932. The van der Waals surface area contributed by atoms with Crippen molar-refractivity contribution >= 4 is 11.6 Å². The molecule has 26 heavy (non-hydrogen) atoms. The molecule has 0 unspecified atom stereocenters. The molecule has 0 bridgehead atoms. The van der Waals surface area contributed by atoms with Crippen molar-refractivity contribution in [2.75, 3.05) is 19.0 Å². The molecule has 134 valence electrons. The van der Waals surface area contributed by atoms with Crippen LogP contribution in [-0.4, -0.2) is 40.8 Å². The summed E-state index contributed by atoms with van der Waals surface area (Å²) in [6, 6.07) is 15.8. The van der Waals surface area contributed by atoms with E-state index in [0.717, 1.165) is 17.8 Å². The number of nitrogens with zero attached hydrogens (tertiary/aromatic N) is 4. The predicted molar refractivity (Wildman–Crippen MR) is 103 cm³/mol. The second-order valence-electron chi connectivity index (χ2n) is 6.53. The van der Waals surface area contributed by atoms with Gasteiger partial charge in [0.2, 0.25) is 0 Å². The number of anilines is 1. The summed E-state index contributed by atoms with van der Waals surface area (Å²) in [4.78, 5) is 18.5. The molecule has 1 aromatic heterocycles. The Morgan fingerprint density at radius 2 is 1.96 bits per heavy atom. The Labute approximate surface area is 153 Å². The second kappa shape index (κ2) is 7.82. The fourth-order valence-electron chi connectivity index (χ4n) is 2.77. The molecule has 0 aliphatic rings. The molecule has 1 atom stereocenters. The number of aromatic nitrogens is 3. The van der Waals surface area contributed by atoms with Gasteiger partial charge >= 0.3 is 0 Å². The summed E-state index contributed by atoms with van der Waals surface area (Å²) in [6.45, 7) is 2.01. The Morgan fingerprint density at radius 3 is 2.62 bits per heavy atom. The lowest BCUT2D eigenvalue weighted by Crippen LogP contribution is -2.34. The summed E-state index contributed by atoms with van der Waals surface area (Å²) >= 11 is 0. The Balaban J connectivity index is 1.63. The minimum absolute atomic E-state index is 0.0303. The van der Waals surface area contributed by atoms with Crippen LogP contribution in [-0.2, 0) is 6.42 Å². The molecule has 3 rings (SSSR count). The average Bonchev–Trinajstić information content (AvgIpc) is 3.17. The third-order valence-corrected chi connectivity index (χ3v) is 4.16. The van der Waals surface area contributed by atoms with Gasteiger partial charge < -0.3 is 10.2 Å². The molecule has 0 spiro atoms. The smallest absolute Gasteiger partial charge is 0.251 e. The predicted octanol–water partition coefficient (Wildman–Crippen LogP) is 2.69. The average molecular weight is 349 g/mol. The zero-order valence-corrected chi connectivity index (χ0v) is 15.3.